The first-order valence-corrected chi connectivity index (χ1v) is 11.4. The Labute approximate surface area is 188 Å². The number of hydrogen-bond acceptors (Lipinski definition) is 6. The van der Waals surface area contributed by atoms with Crippen LogP contribution in [0.2, 0.25) is 0 Å². The molecule has 1 aromatic heterocycles. The maximum Gasteiger partial charge on any atom is 0.319 e. The molecule has 9 heteroatoms. The molecular weight excluding hydrogens is 406 g/mol. The van der Waals surface area contributed by atoms with E-state index >= 15 is 0 Å². The number of urea groups is 1. The summed E-state index contributed by atoms with van der Waals surface area (Å²) in [6.45, 7) is 6.97. The van der Waals surface area contributed by atoms with Crippen LogP contribution in [0.5, 0.6) is 0 Å². The second-order valence-electron chi connectivity index (χ2n) is 8.19. The first kappa shape index (κ1) is 22.0. The van der Waals surface area contributed by atoms with Gasteiger partial charge in [0.05, 0.1) is 0 Å². The van der Waals surface area contributed by atoms with Gasteiger partial charge in [-0.05, 0) is 56.1 Å². The zero-order chi connectivity index (χ0) is 22.2. The van der Waals surface area contributed by atoms with E-state index in [-0.39, 0.29) is 11.9 Å². The molecule has 4 rings (SSSR count). The third kappa shape index (κ3) is 5.94. The maximum atomic E-state index is 12.4. The van der Waals surface area contributed by atoms with E-state index in [0.29, 0.717) is 17.8 Å². The number of hydrogen-bond donors (Lipinski definition) is 2. The zero-order valence-corrected chi connectivity index (χ0v) is 18.4. The number of amides is 3. The quantitative estimate of drug-likeness (QED) is 0.644. The Morgan fingerprint density at radius 2 is 1.59 bits per heavy atom. The minimum atomic E-state index is -0.227. The highest BCUT2D eigenvalue weighted by Gasteiger charge is 2.20. The van der Waals surface area contributed by atoms with Crippen molar-refractivity contribution >= 4 is 23.6 Å². The first-order chi connectivity index (χ1) is 15.7. The molecule has 1 aromatic carbocycles. The lowest BCUT2D eigenvalue weighted by atomic mass is 10.2. The third-order valence-corrected chi connectivity index (χ3v) is 5.93. The largest absolute Gasteiger partial charge is 0.339 e. The number of carbonyl (C=O) groups is 2. The van der Waals surface area contributed by atoms with E-state index in [1.807, 2.05) is 11.0 Å². The van der Waals surface area contributed by atoms with Gasteiger partial charge >= 0.3 is 6.03 Å². The number of benzene rings is 1. The minimum absolute atomic E-state index is 0.0654. The maximum absolute atomic E-state index is 12.4. The van der Waals surface area contributed by atoms with Crippen molar-refractivity contribution in [1.82, 2.24) is 25.1 Å². The van der Waals surface area contributed by atoms with Crippen molar-refractivity contribution in [3.63, 3.8) is 0 Å². The second-order valence-corrected chi connectivity index (χ2v) is 8.19. The lowest BCUT2D eigenvalue weighted by Crippen LogP contribution is -2.47. The van der Waals surface area contributed by atoms with E-state index in [1.165, 1.54) is 0 Å². The lowest BCUT2D eigenvalue weighted by molar-refractivity contribution is 0.0793. The van der Waals surface area contributed by atoms with Gasteiger partial charge in [-0.2, -0.15) is 0 Å². The average molecular weight is 438 g/mol. The molecule has 2 aromatic rings. The van der Waals surface area contributed by atoms with E-state index < -0.39 is 0 Å². The summed E-state index contributed by atoms with van der Waals surface area (Å²) >= 11 is 0. The van der Waals surface area contributed by atoms with Gasteiger partial charge in [0.25, 0.3) is 5.91 Å². The second kappa shape index (κ2) is 10.9. The molecule has 0 bridgehead atoms. The average Bonchev–Trinajstić information content (AvgIpc) is 3.38. The summed E-state index contributed by atoms with van der Waals surface area (Å²) < 4.78 is 0. The summed E-state index contributed by atoms with van der Waals surface area (Å²) in [5.74, 6) is 0.856. The van der Waals surface area contributed by atoms with Gasteiger partial charge in [-0.25, -0.2) is 14.8 Å². The Morgan fingerprint density at radius 3 is 2.28 bits per heavy atom. The van der Waals surface area contributed by atoms with Gasteiger partial charge in [-0.3, -0.25) is 9.69 Å². The molecule has 170 valence electrons. The highest BCUT2D eigenvalue weighted by Crippen LogP contribution is 2.15. The topological polar surface area (TPSA) is 93.7 Å². The normalized spacial score (nSPS) is 16.8. The molecule has 2 aliphatic heterocycles. The van der Waals surface area contributed by atoms with E-state index in [2.05, 4.69) is 30.4 Å². The number of nitrogens with one attached hydrogen (secondary N) is 2. The fourth-order valence-electron chi connectivity index (χ4n) is 4.10. The molecule has 0 radical (unpaired) electrons. The van der Waals surface area contributed by atoms with Crippen LogP contribution >= 0.6 is 0 Å². The molecule has 3 amide bonds. The molecule has 2 saturated heterocycles. The molecule has 32 heavy (non-hydrogen) atoms. The molecule has 0 spiro atoms. The Balaban J connectivity index is 1.11. The van der Waals surface area contributed by atoms with Crippen molar-refractivity contribution in [2.24, 2.45) is 0 Å². The van der Waals surface area contributed by atoms with Crippen LogP contribution in [-0.4, -0.2) is 84.1 Å². The number of rotatable bonds is 7. The van der Waals surface area contributed by atoms with E-state index in [9.17, 15) is 9.59 Å². The minimum Gasteiger partial charge on any atom is -0.339 e. The van der Waals surface area contributed by atoms with Crippen LogP contribution < -0.4 is 15.5 Å². The van der Waals surface area contributed by atoms with Gasteiger partial charge in [-0.15, -0.1) is 0 Å². The van der Waals surface area contributed by atoms with Crippen molar-refractivity contribution in [3.05, 3.63) is 48.3 Å². The fraction of sp³-hybridized carbons (Fsp3) is 0.478. The van der Waals surface area contributed by atoms with Gasteiger partial charge in [0, 0.05) is 69.5 Å². The lowest BCUT2D eigenvalue weighted by Gasteiger charge is -2.34. The van der Waals surface area contributed by atoms with E-state index in [0.717, 1.165) is 71.0 Å². The number of piperazine rings is 1. The fourth-order valence-corrected chi connectivity index (χ4v) is 4.10. The molecular formula is C23H31N7O2. The monoisotopic (exact) mass is 437 g/mol. The standard InChI is InChI=1S/C23H31N7O2/c31-21(29-13-1-2-14-29)19-5-7-20(8-6-19)27-23(32)26-11-4-12-28-15-17-30(18-16-28)22-24-9-3-10-25-22/h3,5-10H,1-2,4,11-18H2,(H2,26,27,32). The van der Waals surface area contributed by atoms with Gasteiger partial charge in [0.15, 0.2) is 0 Å². The van der Waals surface area contributed by atoms with E-state index in [4.69, 9.17) is 0 Å². The first-order valence-electron chi connectivity index (χ1n) is 11.4. The molecule has 9 nitrogen and oxygen atoms in total. The summed E-state index contributed by atoms with van der Waals surface area (Å²) in [6.07, 6.45) is 6.58. The van der Waals surface area contributed by atoms with Crippen LogP contribution in [0.3, 0.4) is 0 Å². The van der Waals surface area contributed by atoms with Crippen LogP contribution in [0.25, 0.3) is 0 Å². The number of aromatic nitrogens is 2. The summed E-state index contributed by atoms with van der Waals surface area (Å²) in [7, 11) is 0. The molecule has 2 aliphatic rings. The van der Waals surface area contributed by atoms with Crippen molar-refractivity contribution in [1.29, 1.82) is 0 Å². The number of carbonyl (C=O) groups excluding carboxylic acids is 2. The Kier molecular flexibility index (Phi) is 7.50. The van der Waals surface area contributed by atoms with Crippen LogP contribution in [-0.2, 0) is 0 Å². The SMILES string of the molecule is O=C(NCCCN1CCN(c2ncccn2)CC1)Nc1ccc(C(=O)N2CCCC2)cc1. The van der Waals surface area contributed by atoms with Gasteiger partial charge < -0.3 is 20.4 Å². The highest BCUT2D eigenvalue weighted by molar-refractivity contribution is 5.95. The summed E-state index contributed by atoms with van der Waals surface area (Å²) in [6, 6.07) is 8.70. The van der Waals surface area contributed by atoms with Crippen molar-refractivity contribution in [3.8, 4) is 0 Å². The smallest absolute Gasteiger partial charge is 0.319 e. The van der Waals surface area contributed by atoms with Crippen LogP contribution in [0.1, 0.15) is 29.6 Å². The van der Waals surface area contributed by atoms with Crippen molar-refractivity contribution in [2.45, 2.75) is 19.3 Å². The molecule has 2 N–H and O–H groups in total. The predicted molar refractivity (Wildman–Crippen MR) is 124 cm³/mol. The summed E-state index contributed by atoms with van der Waals surface area (Å²) in [4.78, 5) is 39.6. The Morgan fingerprint density at radius 1 is 0.906 bits per heavy atom. The van der Waals surface area contributed by atoms with Gasteiger partial charge in [0.1, 0.15) is 0 Å². The predicted octanol–water partition coefficient (Wildman–Crippen LogP) is 2.05. The summed E-state index contributed by atoms with van der Waals surface area (Å²) in [5, 5.41) is 5.74. The highest BCUT2D eigenvalue weighted by atomic mass is 16.2. The van der Waals surface area contributed by atoms with Crippen molar-refractivity contribution < 1.29 is 9.59 Å². The Bertz CT molecular complexity index is 877. The van der Waals surface area contributed by atoms with Crippen LogP contribution in [0, 0.1) is 0 Å². The van der Waals surface area contributed by atoms with Crippen molar-refractivity contribution in [2.75, 3.05) is 62.6 Å². The van der Waals surface area contributed by atoms with Crippen LogP contribution in [0.4, 0.5) is 16.4 Å². The molecule has 2 fully saturated rings. The van der Waals surface area contributed by atoms with Crippen LogP contribution in [0.15, 0.2) is 42.7 Å². The number of likely N-dealkylation sites (tertiary alicyclic amines) is 1. The molecule has 0 saturated carbocycles. The third-order valence-electron chi connectivity index (χ3n) is 5.93. The van der Waals surface area contributed by atoms with Gasteiger partial charge in [-0.1, -0.05) is 0 Å². The Hall–Kier alpha value is -3.20. The zero-order valence-electron chi connectivity index (χ0n) is 18.4. The molecule has 0 atom stereocenters. The van der Waals surface area contributed by atoms with Gasteiger partial charge in [0.2, 0.25) is 5.95 Å². The molecule has 3 heterocycles. The summed E-state index contributed by atoms with van der Waals surface area (Å²) in [5.41, 5.74) is 1.34. The van der Waals surface area contributed by atoms with E-state index in [1.54, 1.807) is 36.7 Å². The number of nitrogens with zero attached hydrogens (tertiary/aromatic N) is 5. The molecule has 0 unspecified atom stereocenters. The number of anilines is 2. The molecule has 0 aliphatic carbocycles.